The van der Waals surface area contributed by atoms with Gasteiger partial charge in [0.25, 0.3) is 0 Å². The first-order valence-corrected chi connectivity index (χ1v) is 12.6. The smallest absolute Gasteiger partial charge is 0.0604 e. The number of para-hydroxylation sites is 1. The number of aliphatic hydroxyl groups is 1. The van der Waals surface area contributed by atoms with Gasteiger partial charge in [0, 0.05) is 12.2 Å². The average Bonchev–Trinajstić information content (AvgIpc) is 2.85. The van der Waals surface area contributed by atoms with Gasteiger partial charge in [0.1, 0.15) is 0 Å². The van der Waals surface area contributed by atoms with Gasteiger partial charge in [-0.3, -0.25) is 0 Å². The molecule has 0 bridgehead atoms. The minimum atomic E-state index is -0.580. The Kier molecular flexibility index (Phi) is 7.72. The van der Waals surface area contributed by atoms with Crippen molar-refractivity contribution in [1.29, 1.82) is 0 Å². The Hall–Kier alpha value is -2.93. The monoisotopic (exact) mass is 439 g/mol. The molecular weight excluding hydrogens is 409 g/mol. The first-order chi connectivity index (χ1) is 15.8. The summed E-state index contributed by atoms with van der Waals surface area (Å²) in [5, 5.41) is 16.8. The summed E-state index contributed by atoms with van der Waals surface area (Å²) in [4.78, 5) is 0. The molecule has 0 heterocycles. The van der Waals surface area contributed by atoms with Crippen LogP contribution in [0.4, 0.5) is 5.69 Å². The van der Waals surface area contributed by atoms with Crippen LogP contribution in [-0.2, 0) is 12.8 Å². The van der Waals surface area contributed by atoms with E-state index in [1.54, 1.807) is 0 Å². The zero-order valence-corrected chi connectivity index (χ0v) is 19.4. The molecule has 0 saturated heterocycles. The van der Waals surface area contributed by atoms with Crippen LogP contribution >= 0.6 is 7.92 Å². The number of anilines is 1. The van der Waals surface area contributed by atoms with Gasteiger partial charge in [-0.25, -0.2) is 0 Å². The van der Waals surface area contributed by atoms with Crippen LogP contribution in [0.15, 0.2) is 103 Å². The van der Waals surface area contributed by atoms with Crippen molar-refractivity contribution in [3.8, 4) is 0 Å². The van der Waals surface area contributed by atoms with Crippen LogP contribution in [0.25, 0.3) is 0 Å². The van der Waals surface area contributed by atoms with Crippen molar-refractivity contribution in [2.75, 3.05) is 18.5 Å². The van der Waals surface area contributed by atoms with E-state index in [-0.39, 0.29) is 6.61 Å². The van der Waals surface area contributed by atoms with Crippen LogP contribution in [-0.4, -0.2) is 18.3 Å². The lowest BCUT2D eigenvalue weighted by Crippen LogP contribution is -2.20. The quantitative estimate of drug-likeness (QED) is 0.360. The zero-order chi connectivity index (χ0) is 22.2. The predicted molar refractivity (Wildman–Crippen MR) is 139 cm³/mol. The van der Waals surface area contributed by atoms with Gasteiger partial charge in [0.2, 0.25) is 0 Å². The Balaban J connectivity index is 1.63. The van der Waals surface area contributed by atoms with Gasteiger partial charge in [-0.05, 0) is 53.4 Å². The number of aryl methyl sites for hydroxylation is 1. The molecule has 2 nitrogen and oxygen atoms in total. The van der Waals surface area contributed by atoms with Gasteiger partial charge in [-0.2, -0.15) is 0 Å². The highest BCUT2D eigenvalue weighted by atomic mass is 31.1. The highest BCUT2D eigenvalue weighted by molar-refractivity contribution is 7.79. The minimum Gasteiger partial charge on any atom is -0.395 e. The van der Waals surface area contributed by atoms with E-state index in [2.05, 4.69) is 115 Å². The average molecular weight is 440 g/mol. The SMILES string of the molecule is CCc1cccc(Cc2ccc(P(c3ccccc3)c3ccccc3)cc2)c1NCCO. The van der Waals surface area contributed by atoms with Crippen molar-refractivity contribution in [2.45, 2.75) is 19.8 Å². The first kappa shape index (κ1) is 22.3. The number of benzene rings is 4. The van der Waals surface area contributed by atoms with Gasteiger partial charge < -0.3 is 10.4 Å². The highest BCUT2D eigenvalue weighted by Gasteiger charge is 2.16. The van der Waals surface area contributed by atoms with E-state index in [1.807, 2.05) is 0 Å². The van der Waals surface area contributed by atoms with Gasteiger partial charge in [0.05, 0.1) is 6.61 Å². The third-order valence-electron chi connectivity index (χ3n) is 5.65. The standard InChI is InChI=1S/C29H30NOP/c1-2-24-10-9-11-25(29(24)30-20-21-31)22-23-16-18-28(19-17-23)32(26-12-5-3-6-13-26)27-14-7-4-8-15-27/h3-19,30-31H,2,20-22H2,1H3. The molecule has 0 aliphatic heterocycles. The van der Waals surface area contributed by atoms with Crippen LogP contribution in [0.3, 0.4) is 0 Å². The van der Waals surface area contributed by atoms with E-state index < -0.39 is 7.92 Å². The van der Waals surface area contributed by atoms with Gasteiger partial charge in [-0.15, -0.1) is 0 Å². The van der Waals surface area contributed by atoms with Gasteiger partial charge in [-0.1, -0.05) is 110 Å². The van der Waals surface area contributed by atoms with E-state index >= 15 is 0 Å². The maximum atomic E-state index is 9.28. The predicted octanol–water partition coefficient (Wildman–Crippen LogP) is 5.00. The summed E-state index contributed by atoms with van der Waals surface area (Å²) < 4.78 is 0. The molecule has 0 aliphatic carbocycles. The van der Waals surface area contributed by atoms with E-state index in [0.29, 0.717) is 6.54 Å². The Morgan fingerprint density at radius 3 is 1.78 bits per heavy atom. The minimum absolute atomic E-state index is 0.134. The summed E-state index contributed by atoms with van der Waals surface area (Å²) in [6, 6.07) is 37.3. The molecule has 0 aliphatic rings. The molecule has 0 fully saturated rings. The number of aliphatic hydroxyl groups excluding tert-OH is 1. The highest BCUT2D eigenvalue weighted by Crippen LogP contribution is 2.33. The van der Waals surface area contributed by atoms with Crippen LogP contribution in [0.5, 0.6) is 0 Å². The molecule has 0 unspecified atom stereocenters. The Morgan fingerprint density at radius 1 is 0.656 bits per heavy atom. The van der Waals surface area contributed by atoms with Crippen molar-refractivity contribution in [2.24, 2.45) is 0 Å². The molecule has 2 N–H and O–H groups in total. The molecule has 32 heavy (non-hydrogen) atoms. The van der Waals surface area contributed by atoms with E-state index in [0.717, 1.165) is 12.8 Å². The molecule has 4 aromatic carbocycles. The Morgan fingerprint density at radius 2 is 1.22 bits per heavy atom. The third-order valence-corrected chi connectivity index (χ3v) is 8.09. The summed E-state index contributed by atoms with van der Waals surface area (Å²) in [5.74, 6) is 0. The van der Waals surface area contributed by atoms with E-state index in [4.69, 9.17) is 0 Å². The summed E-state index contributed by atoms with van der Waals surface area (Å²) in [7, 11) is -0.580. The summed E-state index contributed by atoms with van der Waals surface area (Å²) >= 11 is 0. The second kappa shape index (κ2) is 11.1. The largest absolute Gasteiger partial charge is 0.395 e. The van der Waals surface area contributed by atoms with Gasteiger partial charge in [0.15, 0.2) is 0 Å². The molecule has 162 valence electrons. The molecule has 4 aromatic rings. The molecule has 0 atom stereocenters. The zero-order valence-electron chi connectivity index (χ0n) is 18.5. The fourth-order valence-electron chi connectivity index (χ4n) is 4.09. The summed E-state index contributed by atoms with van der Waals surface area (Å²) in [6.45, 7) is 2.88. The van der Waals surface area contributed by atoms with Crippen LogP contribution in [0, 0.1) is 0 Å². The third kappa shape index (κ3) is 5.27. The van der Waals surface area contributed by atoms with E-state index in [1.165, 1.54) is 38.3 Å². The molecule has 0 radical (unpaired) electrons. The van der Waals surface area contributed by atoms with Crippen LogP contribution < -0.4 is 21.2 Å². The van der Waals surface area contributed by atoms with Crippen LogP contribution in [0.2, 0.25) is 0 Å². The Labute approximate surface area is 192 Å². The molecule has 3 heteroatoms. The summed E-state index contributed by atoms with van der Waals surface area (Å²) in [6.07, 6.45) is 1.84. The van der Waals surface area contributed by atoms with Crippen molar-refractivity contribution in [3.63, 3.8) is 0 Å². The number of rotatable bonds is 9. The molecule has 0 saturated carbocycles. The van der Waals surface area contributed by atoms with E-state index in [9.17, 15) is 5.11 Å². The lowest BCUT2D eigenvalue weighted by Gasteiger charge is -2.20. The Bertz CT molecular complexity index is 1070. The van der Waals surface area contributed by atoms with Crippen LogP contribution in [0.1, 0.15) is 23.6 Å². The lowest BCUT2D eigenvalue weighted by atomic mass is 9.99. The van der Waals surface area contributed by atoms with Crippen molar-refractivity contribution in [1.82, 2.24) is 0 Å². The fourth-order valence-corrected chi connectivity index (χ4v) is 6.37. The molecule has 0 amide bonds. The number of hydrogen-bond acceptors (Lipinski definition) is 2. The van der Waals surface area contributed by atoms with Gasteiger partial charge >= 0.3 is 0 Å². The topological polar surface area (TPSA) is 32.3 Å². The second-order valence-corrected chi connectivity index (χ2v) is 10.0. The fraction of sp³-hybridized carbons (Fsp3) is 0.172. The number of nitrogens with one attached hydrogen (secondary N) is 1. The lowest BCUT2D eigenvalue weighted by molar-refractivity contribution is 0.311. The molecule has 0 aromatic heterocycles. The molecule has 0 spiro atoms. The maximum Gasteiger partial charge on any atom is 0.0604 e. The molecule has 4 rings (SSSR count). The normalized spacial score (nSPS) is 11.0. The second-order valence-electron chi connectivity index (χ2n) is 7.80. The summed E-state index contributed by atoms with van der Waals surface area (Å²) in [5.41, 5.74) is 5.04. The maximum absolute atomic E-state index is 9.28. The molecular formula is C29H30NOP. The number of hydrogen-bond donors (Lipinski definition) is 2. The van der Waals surface area contributed by atoms with Crippen molar-refractivity contribution in [3.05, 3.63) is 120 Å². The van der Waals surface area contributed by atoms with Crippen molar-refractivity contribution >= 4 is 29.5 Å². The first-order valence-electron chi connectivity index (χ1n) is 11.2. The van der Waals surface area contributed by atoms with Crippen molar-refractivity contribution < 1.29 is 5.11 Å².